The van der Waals surface area contributed by atoms with Crippen molar-refractivity contribution in [3.63, 3.8) is 0 Å². The minimum atomic E-state index is 1.24. The van der Waals surface area contributed by atoms with Gasteiger partial charge < -0.3 is 4.90 Å². The molecule has 0 unspecified atom stereocenters. The van der Waals surface area contributed by atoms with Crippen molar-refractivity contribution in [1.82, 2.24) is 0 Å². The second kappa shape index (κ2) is 32.6. The summed E-state index contributed by atoms with van der Waals surface area (Å²) in [5.41, 5.74) is 5.90. The summed E-state index contributed by atoms with van der Waals surface area (Å²) in [6, 6.07) is 4.80. The Morgan fingerprint density at radius 2 is 0.543 bits per heavy atom. The van der Waals surface area contributed by atoms with Crippen molar-refractivity contribution in [3.05, 3.63) is 28.8 Å². The maximum atomic E-state index is 2.76. The third-order valence-electron chi connectivity index (χ3n) is 10.5. The number of hydrogen-bond donors (Lipinski definition) is 0. The molecule has 0 radical (unpaired) electrons. The smallest absolute Gasteiger partial charge is 0.0425 e. The fourth-order valence-corrected chi connectivity index (χ4v) is 7.71. The Kier molecular flexibility index (Phi) is 30.5. The van der Waals surface area contributed by atoms with Gasteiger partial charge in [0, 0.05) is 18.8 Å². The molecule has 0 aliphatic heterocycles. The molecule has 0 saturated heterocycles. The molecule has 0 aromatic heterocycles. The zero-order valence-electron chi connectivity index (χ0n) is 32.6. The second-order valence-corrected chi connectivity index (χ2v) is 15.3. The Morgan fingerprint density at radius 1 is 0.326 bits per heavy atom. The maximum absolute atomic E-state index is 2.76. The highest BCUT2D eigenvalue weighted by molar-refractivity contribution is 5.60. The lowest BCUT2D eigenvalue weighted by atomic mass is 10.0. The van der Waals surface area contributed by atoms with E-state index in [0.29, 0.717) is 0 Å². The number of aryl methyl sites for hydroxylation is 3. The van der Waals surface area contributed by atoms with Gasteiger partial charge in [0.05, 0.1) is 0 Å². The lowest BCUT2D eigenvalue weighted by Gasteiger charge is -2.29. The van der Waals surface area contributed by atoms with Gasteiger partial charge >= 0.3 is 0 Å². The van der Waals surface area contributed by atoms with Gasteiger partial charge in [-0.3, -0.25) is 0 Å². The Labute approximate surface area is 291 Å². The summed E-state index contributed by atoms with van der Waals surface area (Å²) >= 11 is 0. The highest BCUT2D eigenvalue weighted by Gasteiger charge is 2.12. The first kappa shape index (κ1) is 43.0. The van der Waals surface area contributed by atoms with Crippen molar-refractivity contribution < 1.29 is 0 Å². The zero-order chi connectivity index (χ0) is 33.3. The van der Waals surface area contributed by atoms with Crippen LogP contribution in [-0.2, 0) is 0 Å². The molecule has 1 rings (SSSR count). The van der Waals surface area contributed by atoms with Gasteiger partial charge in [0.15, 0.2) is 0 Å². The number of anilines is 1. The van der Waals surface area contributed by atoms with Gasteiger partial charge in [-0.1, -0.05) is 224 Å². The molecule has 0 N–H and O–H groups in total. The molecule has 0 bridgehead atoms. The van der Waals surface area contributed by atoms with E-state index in [0.717, 1.165) is 0 Å². The van der Waals surface area contributed by atoms with E-state index in [1.54, 1.807) is 0 Å². The molecule has 0 atom stereocenters. The molecule has 1 aromatic rings. The molecule has 0 aliphatic carbocycles. The van der Waals surface area contributed by atoms with Gasteiger partial charge in [-0.05, 0) is 44.7 Å². The lowest BCUT2D eigenvalue weighted by Crippen LogP contribution is -2.27. The first-order valence-corrected chi connectivity index (χ1v) is 21.4. The van der Waals surface area contributed by atoms with Gasteiger partial charge in [0.2, 0.25) is 0 Å². The quantitative estimate of drug-likeness (QED) is 0.0668. The number of unbranched alkanes of at least 4 members (excludes halogenated alkanes) is 30. The maximum Gasteiger partial charge on any atom is 0.0425 e. The van der Waals surface area contributed by atoms with Gasteiger partial charge in [0.1, 0.15) is 0 Å². The van der Waals surface area contributed by atoms with Crippen LogP contribution in [0.1, 0.15) is 236 Å². The highest BCUT2D eigenvalue weighted by atomic mass is 15.1. The van der Waals surface area contributed by atoms with Crippen LogP contribution in [0.5, 0.6) is 0 Å². The molecule has 0 aliphatic rings. The minimum Gasteiger partial charge on any atom is -0.371 e. The summed E-state index contributed by atoms with van der Waals surface area (Å²) in [5.74, 6) is 0. The molecular formula is C45H85N. The van der Waals surface area contributed by atoms with E-state index < -0.39 is 0 Å². The molecule has 0 heterocycles. The lowest BCUT2D eigenvalue weighted by molar-refractivity contribution is 0.524. The number of nitrogens with zero attached hydrogens (tertiary/aromatic N) is 1. The topological polar surface area (TPSA) is 3.24 Å². The molecule has 0 amide bonds. The van der Waals surface area contributed by atoms with E-state index in [1.165, 1.54) is 241 Å². The van der Waals surface area contributed by atoms with Gasteiger partial charge in [-0.2, -0.15) is 0 Å². The molecule has 270 valence electrons. The second-order valence-electron chi connectivity index (χ2n) is 15.3. The van der Waals surface area contributed by atoms with Crippen LogP contribution in [-0.4, -0.2) is 13.1 Å². The molecule has 1 aromatic carbocycles. The largest absolute Gasteiger partial charge is 0.371 e. The summed E-state index contributed by atoms with van der Waals surface area (Å²) in [7, 11) is 0. The van der Waals surface area contributed by atoms with E-state index >= 15 is 0 Å². The number of rotatable bonds is 35. The van der Waals surface area contributed by atoms with Crippen molar-refractivity contribution in [3.8, 4) is 0 Å². The third-order valence-corrected chi connectivity index (χ3v) is 10.5. The zero-order valence-corrected chi connectivity index (χ0v) is 32.6. The summed E-state index contributed by atoms with van der Waals surface area (Å²) in [4.78, 5) is 2.76. The van der Waals surface area contributed by atoms with Crippen LogP contribution in [0, 0.1) is 20.8 Å². The summed E-state index contributed by atoms with van der Waals surface area (Å²) in [5, 5.41) is 0. The molecule has 0 spiro atoms. The van der Waals surface area contributed by atoms with E-state index in [1.807, 2.05) is 0 Å². The van der Waals surface area contributed by atoms with Crippen molar-refractivity contribution in [2.75, 3.05) is 18.0 Å². The minimum absolute atomic E-state index is 1.24. The predicted octanol–water partition coefficient (Wildman–Crippen LogP) is 15.9. The number of benzene rings is 1. The van der Waals surface area contributed by atoms with Crippen LogP contribution in [0.4, 0.5) is 5.69 Å². The fraction of sp³-hybridized carbons (Fsp3) is 0.867. The fourth-order valence-electron chi connectivity index (χ4n) is 7.71. The van der Waals surface area contributed by atoms with Gasteiger partial charge in [0.25, 0.3) is 0 Å². The average molecular weight is 640 g/mol. The Bertz CT molecular complexity index is 707. The van der Waals surface area contributed by atoms with Crippen molar-refractivity contribution in [1.29, 1.82) is 0 Å². The van der Waals surface area contributed by atoms with Crippen molar-refractivity contribution in [2.24, 2.45) is 0 Å². The standard InChI is InChI=1S/C45H85N/c1-6-8-10-12-14-16-18-20-22-24-26-28-30-32-34-36-38-46(45-43(4)40-42(3)41-44(45)5)39-37-35-33-31-29-27-25-23-21-19-17-15-13-11-9-7-2/h40-41H,6-39H2,1-5H3. The van der Waals surface area contributed by atoms with E-state index in [4.69, 9.17) is 0 Å². The average Bonchev–Trinajstić information content (AvgIpc) is 3.03. The molecule has 0 saturated carbocycles. The first-order valence-electron chi connectivity index (χ1n) is 21.4. The Hall–Kier alpha value is -0.980. The van der Waals surface area contributed by atoms with E-state index in [9.17, 15) is 0 Å². The molecule has 1 heteroatoms. The Balaban J connectivity index is 2.14. The molecular weight excluding hydrogens is 555 g/mol. The van der Waals surface area contributed by atoms with Crippen molar-refractivity contribution >= 4 is 5.69 Å². The van der Waals surface area contributed by atoms with Gasteiger partial charge in [-0.25, -0.2) is 0 Å². The van der Waals surface area contributed by atoms with Crippen LogP contribution in [0.25, 0.3) is 0 Å². The number of hydrogen-bond acceptors (Lipinski definition) is 1. The van der Waals surface area contributed by atoms with Crippen molar-refractivity contribution in [2.45, 2.75) is 240 Å². The molecule has 1 nitrogen and oxygen atoms in total. The normalized spacial score (nSPS) is 11.5. The van der Waals surface area contributed by atoms with Crippen LogP contribution in [0.15, 0.2) is 12.1 Å². The highest BCUT2D eigenvalue weighted by Crippen LogP contribution is 2.28. The van der Waals surface area contributed by atoms with E-state index in [2.05, 4.69) is 51.7 Å². The SMILES string of the molecule is CCCCCCCCCCCCCCCCCCN(CCCCCCCCCCCCCCCCCC)c1c(C)cc(C)cc1C. The van der Waals surface area contributed by atoms with Crippen LogP contribution in [0.2, 0.25) is 0 Å². The third kappa shape index (κ3) is 25.1. The van der Waals surface area contributed by atoms with E-state index in [-0.39, 0.29) is 0 Å². The summed E-state index contributed by atoms with van der Waals surface area (Å²) in [6.07, 6.45) is 46.2. The molecule has 0 fully saturated rings. The summed E-state index contributed by atoms with van der Waals surface area (Å²) < 4.78 is 0. The van der Waals surface area contributed by atoms with Crippen LogP contribution >= 0.6 is 0 Å². The van der Waals surface area contributed by atoms with Crippen LogP contribution < -0.4 is 4.90 Å². The molecule has 46 heavy (non-hydrogen) atoms. The monoisotopic (exact) mass is 640 g/mol. The predicted molar refractivity (Wildman–Crippen MR) is 212 cm³/mol. The van der Waals surface area contributed by atoms with Gasteiger partial charge in [-0.15, -0.1) is 0 Å². The van der Waals surface area contributed by atoms with Crippen LogP contribution in [0.3, 0.4) is 0 Å². The summed E-state index contributed by atoms with van der Waals surface area (Å²) in [6.45, 7) is 14.0. The Morgan fingerprint density at radius 3 is 0.783 bits per heavy atom. The first-order chi connectivity index (χ1) is 22.6.